The zero-order chi connectivity index (χ0) is 16.1. The molecule has 0 aliphatic heterocycles. The van der Waals surface area contributed by atoms with Crippen molar-refractivity contribution in [1.29, 1.82) is 0 Å². The van der Waals surface area contributed by atoms with Gasteiger partial charge in [-0.2, -0.15) is 0 Å². The van der Waals surface area contributed by atoms with E-state index in [1.54, 1.807) is 24.3 Å². The number of hydrogen-bond acceptors (Lipinski definition) is 3. The first-order chi connectivity index (χ1) is 10.5. The molecular weight excluding hydrogens is 282 g/mol. The van der Waals surface area contributed by atoms with Gasteiger partial charge in [0.05, 0.1) is 7.11 Å². The van der Waals surface area contributed by atoms with Crippen LogP contribution in [0.3, 0.4) is 0 Å². The maximum absolute atomic E-state index is 12.1. The van der Waals surface area contributed by atoms with Crippen molar-refractivity contribution < 1.29 is 19.4 Å². The van der Waals surface area contributed by atoms with Gasteiger partial charge in [-0.15, -0.1) is 0 Å². The summed E-state index contributed by atoms with van der Waals surface area (Å²) in [6.07, 6.45) is 0. The van der Waals surface area contributed by atoms with Crippen LogP contribution < -0.4 is 10.1 Å². The maximum Gasteiger partial charge on any atom is 0.339 e. The van der Waals surface area contributed by atoms with E-state index in [0.29, 0.717) is 16.9 Å². The number of aromatic carboxylic acids is 1. The minimum atomic E-state index is -1.07. The Morgan fingerprint density at radius 3 is 2.59 bits per heavy atom. The Morgan fingerprint density at radius 2 is 1.95 bits per heavy atom. The maximum atomic E-state index is 12.1. The SMILES string of the molecule is COc1ccc(CNC(=O)c2cccc(C)c2)cc1C(=O)O. The summed E-state index contributed by atoms with van der Waals surface area (Å²) < 4.78 is 5.00. The van der Waals surface area contributed by atoms with E-state index in [1.807, 2.05) is 19.1 Å². The van der Waals surface area contributed by atoms with Gasteiger partial charge in [0.2, 0.25) is 0 Å². The highest BCUT2D eigenvalue weighted by Crippen LogP contribution is 2.19. The number of aryl methyl sites for hydroxylation is 1. The van der Waals surface area contributed by atoms with Crippen LogP contribution in [0.1, 0.15) is 31.8 Å². The molecule has 0 aromatic heterocycles. The van der Waals surface area contributed by atoms with Gasteiger partial charge in [-0.3, -0.25) is 4.79 Å². The number of nitrogens with one attached hydrogen (secondary N) is 1. The molecule has 1 amide bonds. The molecule has 0 radical (unpaired) electrons. The van der Waals surface area contributed by atoms with Gasteiger partial charge in [0.1, 0.15) is 11.3 Å². The van der Waals surface area contributed by atoms with Crippen LogP contribution in [0.25, 0.3) is 0 Å². The molecular formula is C17H17NO4. The van der Waals surface area contributed by atoms with Gasteiger partial charge in [0.15, 0.2) is 0 Å². The van der Waals surface area contributed by atoms with Gasteiger partial charge < -0.3 is 15.2 Å². The summed E-state index contributed by atoms with van der Waals surface area (Å²) in [5.41, 5.74) is 2.35. The van der Waals surface area contributed by atoms with Crippen LogP contribution in [0.5, 0.6) is 5.75 Å². The summed E-state index contributed by atoms with van der Waals surface area (Å²) in [5, 5.41) is 11.9. The summed E-state index contributed by atoms with van der Waals surface area (Å²) >= 11 is 0. The Balaban J connectivity index is 2.10. The Morgan fingerprint density at radius 1 is 1.18 bits per heavy atom. The van der Waals surface area contributed by atoms with Crippen molar-refractivity contribution in [2.24, 2.45) is 0 Å². The number of hydrogen-bond donors (Lipinski definition) is 2. The second kappa shape index (κ2) is 6.76. The van der Waals surface area contributed by atoms with E-state index in [2.05, 4.69) is 5.32 Å². The van der Waals surface area contributed by atoms with E-state index in [0.717, 1.165) is 5.56 Å². The zero-order valence-corrected chi connectivity index (χ0v) is 12.4. The van der Waals surface area contributed by atoms with Crippen molar-refractivity contribution in [3.8, 4) is 5.75 Å². The molecule has 0 fully saturated rings. The summed E-state index contributed by atoms with van der Waals surface area (Å²) in [7, 11) is 1.42. The fourth-order valence-electron chi connectivity index (χ4n) is 2.10. The van der Waals surface area contributed by atoms with E-state index in [1.165, 1.54) is 13.2 Å². The topological polar surface area (TPSA) is 75.6 Å². The molecule has 0 saturated carbocycles. The Labute approximate surface area is 128 Å². The molecule has 5 nitrogen and oxygen atoms in total. The highest BCUT2D eigenvalue weighted by Gasteiger charge is 2.12. The third-order valence-corrected chi connectivity index (χ3v) is 3.23. The van der Waals surface area contributed by atoms with Crippen LogP contribution in [-0.4, -0.2) is 24.1 Å². The van der Waals surface area contributed by atoms with Crippen molar-refractivity contribution >= 4 is 11.9 Å². The lowest BCUT2D eigenvalue weighted by Crippen LogP contribution is -2.23. The predicted octanol–water partition coefficient (Wildman–Crippen LogP) is 2.63. The lowest BCUT2D eigenvalue weighted by Gasteiger charge is -2.09. The Hall–Kier alpha value is -2.82. The Bertz CT molecular complexity index is 710. The number of rotatable bonds is 5. The summed E-state index contributed by atoms with van der Waals surface area (Å²) in [6, 6.07) is 12.1. The highest BCUT2D eigenvalue weighted by atomic mass is 16.5. The summed E-state index contributed by atoms with van der Waals surface area (Å²) in [4.78, 5) is 23.2. The van der Waals surface area contributed by atoms with Gasteiger partial charge in [-0.05, 0) is 36.8 Å². The number of amides is 1. The molecule has 0 saturated heterocycles. The van der Waals surface area contributed by atoms with E-state index >= 15 is 0 Å². The van der Waals surface area contributed by atoms with Crippen molar-refractivity contribution in [2.75, 3.05) is 7.11 Å². The molecule has 2 rings (SSSR count). The molecule has 2 N–H and O–H groups in total. The average molecular weight is 299 g/mol. The van der Waals surface area contributed by atoms with Gasteiger partial charge >= 0.3 is 5.97 Å². The average Bonchev–Trinajstić information content (AvgIpc) is 2.52. The van der Waals surface area contributed by atoms with Gasteiger partial charge in [-0.1, -0.05) is 23.8 Å². The normalized spacial score (nSPS) is 10.1. The fourth-order valence-corrected chi connectivity index (χ4v) is 2.10. The highest BCUT2D eigenvalue weighted by molar-refractivity contribution is 5.94. The smallest absolute Gasteiger partial charge is 0.339 e. The third kappa shape index (κ3) is 3.63. The van der Waals surface area contributed by atoms with Crippen LogP contribution in [0, 0.1) is 6.92 Å². The largest absolute Gasteiger partial charge is 0.496 e. The Kier molecular flexibility index (Phi) is 4.78. The number of carbonyl (C=O) groups excluding carboxylic acids is 1. The molecule has 0 heterocycles. The number of benzene rings is 2. The molecule has 22 heavy (non-hydrogen) atoms. The number of carbonyl (C=O) groups is 2. The van der Waals surface area contributed by atoms with Crippen LogP contribution in [0.15, 0.2) is 42.5 Å². The molecule has 5 heteroatoms. The molecule has 0 bridgehead atoms. The monoisotopic (exact) mass is 299 g/mol. The number of methoxy groups -OCH3 is 1. The van der Waals surface area contributed by atoms with Gasteiger partial charge in [0, 0.05) is 12.1 Å². The van der Waals surface area contributed by atoms with Crippen molar-refractivity contribution in [1.82, 2.24) is 5.32 Å². The number of ether oxygens (including phenoxy) is 1. The van der Waals surface area contributed by atoms with E-state index in [-0.39, 0.29) is 18.0 Å². The molecule has 2 aromatic rings. The van der Waals surface area contributed by atoms with E-state index < -0.39 is 5.97 Å². The fraction of sp³-hybridized carbons (Fsp3) is 0.176. The molecule has 0 unspecified atom stereocenters. The number of carboxylic acids is 1. The minimum absolute atomic E-state index is 0.0739. The summed E-state index contributed by atoms with van der Waals surface area (Å²) in [5.74, 6) is -0.971. The van der Waals surface area contributed by atoms with Gasteiger partial charge in [-0.25, -0.2) is 4.79 Å². The standard InChI is InChI=1S/C17H17NO4/c1-11-4-3-5-13(8-11)16(19)18-10-12-6-7-15(22-2)14(9-12)17(20)21/h3-9H,10H2,1-2H3,(H,18,19)(H,20,21). The van der Waals surface area contributed by atoms with Crippen molar-refractivity contribution in [3.05, 3.63) is 64.7 Å². The second-order valence-corrected chi connectivity index (χ2v) is 4.89. The van der Waals surface area contributed by atoms with Crippen LogP contribution in [0.2, 0.25) is 0 Å². The lowest BCUT2D eigenvalue weighted by molar-refractivity contribution is 0.0693. The lowest BCUT2D eigenvalue weighted by atomic mass is 10.1. The first-order valence-electron chi connectivity index (χ1n) is 6.76. The quantitative estimate of drug-likeness (QED) is 0.890. The van der Waals surface area contributed by atoms with Crippen LogP contribution >= 0.6 is 0 Å². The van der Waals surface area contributed by atoms with Crippen LogP contribution in [0.4, 0.5) is 0 Å². The third-order valence-electron chi connectivity index (χ3n) is 3.23. The molecule has 0 aliphatic carbocycles. The van der Waals surface area contributed by atoms with Gasteiger partial charge in [0.25, 0.3) is 5.91 Å². The molecule has 0 spiro atoms. The van der Waals surface area contributed by atoms with E-state index in [4.69, 9.17) is 9.84 Å². The molecule has 114 valence electrons. The number of carboxylic acid groups (broad SMARTS) is 1. The summed E-state index contributed by atoms with van der Waals surface area (Å²) in [6.45, 7) is 2.16. The first kappa shape index (κ1) is 15.6. The van der Waals surface area contributed by atoms with Crippen molar-refractivity contribution in [2.45, 2.75) is 13.5 Å². The zero-order valence-electron chi connectivity index (χ0n) is 12.4. The molecule has 2 aromatic carbocycles. The van der Waals surface area contributed by atoms with Crippen LogP contribution in [-0.2, 0) is 6.54 Å². The second-order valence-electron chi connectivity index (χ2n) is 4.89. The predicted molar refractivity (Wildman–Crippen MR) is 82.3 cm³/mol. The van der Waals surface area contributed by atoms with Crippen molar-refractivity contribution in [3.63, 3.8) is 0 Å². The molecule has 0 aliphatic rings. The minimum Gasteiger partial charge on any atom is -0.496 e. The van der Waals surface area contributed by atoms with E-state index in [9.17, 15) is 9.59 Å². The molecule has 0 atom stereocenters. The first-order valence-corrected chi connectivity index (χ1v) is 6.76.